The Bertz CT molecular complexity index is 516. The number of ether oxygens (including phenoxy) is 1. The number of fused-ring (bicyclic) bond motifs is 2. The molecule has 1 amide bonds. The Hall–Kier alpha value is -2.04. The number of aliphatic carboxylic acids is 1. The zero-order chi connectivity index (χ0) is 14.1. The third kappa shape index (κ3) is 2.24. The van der Waals surface area contributed by atoms with Gasteiger partial charge in [-0.05, 0) is 30.7 Å². The number of benzene rings is 1. The SMILES string of the molecule is O=C(O)C1C2CCC(C2)N1C(=O)OCc1ccccc1. The van der Waals surface area contributed by atoms with Crippen LogP contribution in [0.4, 0.5) is 4.79 Å². The fourth-order valence-electron chi connectivity index (χ4n) is 3.36. The van der Waals surface area contributed by atoms with Gasteiger partial charge in [0.15, 0.2) is 0 Å². The molecular formula is C15H17NO4. The fraction of sp³-hybridized carbons (Fsp3) is 0.467. The van der Waals surface area contributed by atoms with Crippen LogP contribution >= 0.6 is 0 Å². The Kier molecular flexibility index (Phi) is 3.34. The monoisotopic (exact) mass is 275 g/mol. The molecular weight excluding hydrogens is 258 g/mol. The van der Waals surface area contributed by atoms with Gasteiger partial charge < -0.3 is 9.84 Å². The summed E-state index contributed by atoms with van der Waals surface area (Å²) in [6, 6.07) is 8.71. The molecule has 1 saturated carbocycles. The van der Waals surface area contributed by atoms with Crippen LogP contribution in [-0.2, 0) is 16.1 Å². The summed E-state index contributed by atoms with van der Waals surface area (Å²) in [5.74, 6) is -0.837. The van der Waals surface area contributed by atoms with E-state index in [4.69, 9.17) is 4.74 Å². The van der Waals surface area contributed by atoms with Gasteiger partial charge in [-0.2, -0.15) is 0 Å². The predicted molar refractivity (Wildman–Crippen MR) is 71.0 cm³/mol. The number of amides is 1. The number of hydrogen-bond donors (Lipinski definition) is 1. The highest BCUT2D eigenvalue weighted by molar-refractivity contribution is 5.81. The molecule has 3 atom stereocenters. The summed E-state index contributed by atoms with van der Waals surface area (Å²) in [4.78, 5) is 24.9. The van der Waals surface area contributed by atoms with Gasteiger partial charge in [-0.3, -0.25) is 4.90 Å². The minimum absolute atomic E-state index is 0.0318. The predicted octanol–water partition coefficient (Wildman–Crippen LogP) is 2.26. The summed E-state index contributed by atoms with van der Waals surface area (Å²) in [6.45, 7) is 0.180. The number of carbonyl (C=O) groups is 2. The molecule has 1 aliphatic heterocycles. The molecule has 0 aromatic heterocycles. The van der Waals surface area contributed by atoms with Crippen molar-refractivity contribution in [2.45, 2.75) is 38.0 Å². The van der Waals surface area contributed by atoms with E-state index in [0.717, 1.165) is 24.8 Å². The van der Waals surface area contributed by atoms with Gasteiger partial charge in [0.1, 0.15) is 12.6 Å². The van der Waals surface area contributed by atoms with Crippen LogP contribution in [0.25, 0.3) is 0 Å². The topological polar surface area (TPSA) is 66.8 Å². The van der Waals surface area contributed by atoms with Gasteiger partial charge in [-0.1, -0.05) is 30.3 Å². The van der Waals surface area contributed by atoms with Gasteiger partial charge in [-0.15, -0.1) is 0 Å². The van der Waals surface area contributed by atoms with Crippen molar-refractivity contribution in [3.63, 3.8) is 0 Å². The first-order valence-corrected chi connectivity index (χ1v) is 6.88. The molecule has 2 bridgehead atoms. The van der Waals surface area contributed by atoms with E-state index in [1.807, 2.05) is 30.3 Å². The lowest BCUT2D eigenvalue weighted by Crippen LogP contribution is -2.49. The number of carboxylic acids is 1. The van der Waals surface area contributed by atoms with Crippen molar-refractivity contribution in [3.8, 4) is 0 Å². The van der Waals surface area contributed by atoms with Crippen molar-refractivity contribution < 1.29 is 19.4 Å². The van der Waals surface area contributed by atoms with Gasteiger partial charge in [0, 0.05) is 6.04 Å². The Labute approximate surface area is 117 Å². The highest BCUT2D eigenvalue weighted by Gasteiger charge is 2.52. The van der Waals surface area contributed by atoms with Gasteiger partial charge in [0.2, 0.25) is 0 Å². The first kappa shape index (κ1) is 13.0. The molecule has 2 aliphatic rings. The number of nitrogens with zero attached hydrogens (tertiary/aromatic N) is 1. The number of carbonyl (C=O) groups excluding carboxylic acids is 1. The highest BCUT2D eigenvalue weighted by Crippen LogP contribution is 2.42. The van der Waals surface area contributed by atoms with Crippen LogP contribution in [0.15, 0.2) is 30.3 Å². The summed E-state index contributed by atoms with van der Waals surface area (Å²) in [5, 5.41) is 9.29. The van der Waals surface area contributed by atoms with E-state index in [9.17, 15) is 14.7 Å². The van der Waals surface area contributed by atoms with Crippen LogP contribution in [0.1, 0.15) is 24.8 Å². The number of likely N-dealkylation sites (tertiary alicyclic amines) is 1. The highest BCUT2D eigenvalue weighted by atomic mass is 16.6. The van der Waals surface area contributed by atoms with E-state index >= 15 is 0 Å². The first-order chi connectivity index (χ1) is 9.66. The summed E-state index contributed by atoms with van der Waals surface area (Å²) in [5.41, 5.74) is 0.900. The maximum absolute atomic E-state index is 12.2. The Balaban J connectivity index is 1.66. The molecule has 1 heterocycles. The number of piperidine rings is 1. The molecule has 3 unspecified atom stereocenters. The smallest absolute Gasteiger partial charge is 0.411 e. The molecule has 0 spiro atoms. The zero-order valence-electron chi connectivity index (χ0n) is 11.1. The van der Waals surface area contributed by atoms with Crippen molar-refractivity contribution >= 4 is 12.1 Å². The van der Waals surface area contributed by atoms with E-state index in [2.05, 4.69) is 0 Å². The van der Waals surface area contributed by atoms with E-state index in [1.54, 1.807) is 0 Å². The summed E-state index contributed by atoms with van der Waals surface area (Å²) in [7, 11) is 0. The molecule has 1 N–H and O–H groups in total. The van der Waals surface area contributed by atoms with Crippen molar-refractivity contribution in [2.75, 3.05) is 0 Å². The Morgan fingerprint density at radius 3 is 2.70 bits per heavy atom. The molecule has 0 radical (unpaired) electrons. The van der Waals surface area contributed by atoms with Gasteiger partial charge in [0.05, 0.1) is 0 Å². The molecule has 1 aromatic carbocycles. The summed E-state index contributed by atoms with van der Waals surface area (Å²) < 4.78 is 5.27. The van der Waals surface area contributed by atoms with E-state index in [1.165, 1.54) is 4.90 Å². The van der Waals surface area contributed by atoms with Crippen LogP contribution in [-0.4, -0.2) is 34.2 Å². The maximum atomic E-state index is 12.2. The average molecular weight is 275 g/mol. The molecule has 2 fully saturated rings. The molecule has 1 saturated heterocycles. The van der Waals surface area contributed by atoms with E-state index < -0.39 is 18.1 Å². The van der Waals surface area contributed by atoms with Crippen LogP contribution in [0.5, 0.6) is 0 Å². The molecule has 3 rings (SSSR count). The minimum Gasteiger partial charge on any atom is -0.480 e. The van der Waals surface area contributed by atoms with Crippen molar-refractivity contribution in [1.29, 1.82) is 0 Å². The fourth-order valence-corrected chi connectivity index (χ4v) is 3.36. The second-order valence-electron chi connectivity index (χ2n) is 5.46. The van der Waals surface area contributed by atoms with E-state index in [0.29, 0.717) is 0 Å². The third-order valence-corrected chi connectivity index (χ3v) is 4.25. The van der Waals surface area contributed by atoms with Crippen LogP contribution in [0, 0.1) is 5.92 Å². The minimum atomic E-state index is -0.922. The number of rotatable bonds is 3. The Morgan fingerprint density at radius 2 is 2.00 bits per heavy atom. The van der Waals surface area contributed by atoms with Crippen molar-refractivity contribution in [1.82, 2.24) is 4.90 Å². The van der Waals surface area contributed by atoms with E-state index in [-0.39, 0.29) is 18.6 Å². The number of hydrogen-bond acceptors (Lipinski definition) is 3. The zero-order valence-corrected chi connectivity index (χ0v) is 11.1. The van der Waals surface area contributed by atoms with Crippen molar-refractivity contribution in [2.24, 2.45) is 5.92 Å². The molecule has 106 valence electrons. The van der Waals surface area contributed by atoms with Crippen LogP contribution in [0.2, 0.25) is 0 Å². The number of carboxylic acid groups (broad SMARTS) is 1. The lowest BCUT2D eigenvalue weighted by atomic mass is 9.99. The summed E-state index contributed by atoms with van der Waals surface area (Å²) in [6.07, 6.45) is 2.06. The second kappa shape index (κ2) is 5.15. The standard InChI is InChI=1S/C15H17NO4/c17-14(18)13-11-6-7-12(8-11)16(13)15(19)20-9-10-4-2-1-3-5-10/h1-5,11-13H,6-9H2,(H,17,18). The lowest BCUT2D eigenvalue weighted by Gasteiger charge is -2.31. The summed E-state index contributed by atoms with van der Waals surface area (Å²) >= 11 is 0. The second-order valence-corrected chi connectivity index (χ2v) is 5.46. The largest absolute Gasteiger partial charge is 0.480 e. The molecule has 1 aliphatic carbocycles. The average Bonchev–Trinajstić information content (AvgIpc) is 3.06. The van der Waals surface area contributed by atoms with Crippen molar-refractivity contribution in [3.05, 3.63) is 35.9 Å². The van der Waals surface area contributed by atoms with Crippen LogP contribution < -0.4 is 0 Å². The van der Waals surface area contributed by atoms with Gasteiger partial charge in [-0.25, -0.2) is 9.59 Å². The maximum Gasteiger partial charge on any atom is 0.411 e. The molecule has 5 nitrogen and oxygen atoms in total. The first-order valence-electron chi connectivity index (χ1n) is 6.88. The molecule has 5 heteroatoms. The van der Waals surface area contributed by atoms with Crippen LogP contribution in [0.3, 0.4) is 0 Å². The Morgan fingerprint density at radius 1 is 1.25 bits per heavy atom. The lowest BCUT2D eigenvalue weighted by molar-refractivity contribution is -0.144. The third-order valence-electron chi connectivity index (χ3n) is 4.25. The quantitative estimate of drug-likeness (QED) is 0.918. The molecule has 20 heavy (non-hydrogen) atoms. The van der Waals surface area contributed by atoms with Gasteiger partial charge >= 0.3 is 12.1 Å². The molecule has 1 aromatic rings. The van der Waals surface area contributed by atoms with Gasteiger partial charge in [0.25, 0.3) is 0 Å². The normalized spacial score (nSPS) is 27.6.